The molecular formula is C22H26FNO. The standard InChI is InChI=1S/C22H26FNO/c1-21(2)19-13-16-18(25)10-9-17(23)20(16)22(21,3)11-12-24(19)14-15-7-5-4-6-8-15/h4-10,19,25H,11-14H2,1-3H3/t19-,22-/m1/s1. The van der Waals surface area contributed by atoms with Gasteiger partial charge in [-0.3, -0.25) is 4.90 Å². The summed E-state index contributed by atoms with van der Waals surface area (Å²) in [5, 5.41) is 10.4. The number of hydrogen-bond donors (Lipinski definition) is 1. The average molecular weight is 339 g/mol. The third-order valence-corrected chi connectivity index (χ3v) is 7.01. The predicted molar refractivity (Wildman–Crippen MR) is 98.2 cm³/mol. The number of nitrogens with zero attached hydrogens (tertiary/aromatic N) is 1. The fraction of sp³-hybridized carbons (Fsp3) is 0.455. The van der Waals surface area contributed by atoms with Crippen LogP contribution in [0.15, 0.2) is 42.5 Å². The molecule has 2 aliphatic rings. The van der Waals surface area contributed by atoms with E-state index >= 15 is 0 Å². The minimum atomic E-state index is -0.263. The van der Waals surface area contributed by atoms with Gasteiger partial charge in [-0.15, -0.1) is 0 Å². The number of piperidine rings is 1. The van der Waals surface area contributed by atoms with E-state index in [4.69, 9.17) is 0 Å². The molecule has 0 saturated carbocycles. The van der Waals surface area contributed by atoms with Gasteiger partial charge in [-0.05, 0) is 42.5 Å². The Morgan fingerprint density at radius 3 is 2.56 bits per heavy atom. The van der Waals surface area contributed by atoms with E-state index in [-0.39, 0.29) is 28.4 Å². The van der Waals surface area contributed by atoms with E-state index in [0.29, 0.717) is 6.42 Å². The fourth-order valence-electron chi connectivity index (χ4n) is 5.11. The molecule has 0 spiro atoms. The zero-order valence-electron chi connectivity index (χ0n) is 15.2. The number of phenols is 1. The van der Waals surface area contributed by atoms with E-state index in [0.717, 1.165) is 30.6 Å². The largest absolute Gasteiger partial charge is 0.508 e. The van der Waals surface area contributed by atoms with Crippen LogP contribution in [0, 0.1) is 11.2 Å². The van der Waals surface area contributed by atoms with Crippen LogP contribution in [-0.4, -0.2) is 22.6 Å². The van der Waals surface area contributed by atoms with Crippen molar-refractivity contribution in [2.45, 2.75) is 51.6 Å². The van der Waals surface area contributed by atoms with E-state index in [1.54, 1.807) is 0 Å². The first kappa shape index (κ1) is 16.6. The second-order valence-electron chi connectivity index (χ2n) is 8.40. The molecule has 2 aromatic rings. The molecule has 3 heteroatoms. The normalized spacial score (nSPS) is 27.8. The Bertz CT molecular complexity index is 801. The number of hydrogen-bond acceptors (Lipinski definition) is 2. The number of likely N-dealkylation sites (tertiary alicyclic amines) is 1. The van der Waals surface area contributed by atoms with Gasteiger partial charge >= 0.3 is 0 Å². The lowest BCUT2D eigenvalue weighted by molar-refractivity contribution is -0.0442. The van der Waals surface area contributed by atoms with Crippen molar-refractivity contribution in [3.63, 3.8) is 0 Å². The van der Waals surface area contributed by atoms with Gasteiger partial charge in [0, 0.05) is 29.1 Å². The van der Waals surface area contributed by atoms with Gasteiger partial charge in [-0.25, -0.2) is 4.39 Å². The second-order valence-corrected chi connectivity index (χ2v) is 8.40. The third kappa shape index (κ3) is 2.32. The van der Waals surface area contributed by atoms with Crippen LogP contribution in [0.1, 0.15) is 43.9 Å². The van der Waals surface area contributed by atoms with Gasteiger partial charge in [0.2, 0.25) is 0 Å². The fourth-order valence-corrected chi connectivity index (χ4v) is 5.11. The molecular weight excluding hydrogens is 313 g/mol. The molecule has 1 saturated heterocycles. The van der Waals surface area contributed by atoms with Crippen LogP contribution in [0.2, 0.25) is 0 Å². The molecule has 2 atom stereocenters. The molecule has 2 bridgehead atoms. The predicted octanol–water partition coefficient (Wildman–Crippen LogP) is 4.65. The van der Waals surface area contributed by atoms with Crippen LogP contribution in [0.5, 0.6) is 5.75 Å². The smallest absolute Gasteiger partial charge is 0.127 e. The molecule has 0 aromatic heterocycles. The van der Waals surface area contributed by atoms with Crippen LogP contribution < -0.4 is 0 Å². The number of aromatic hydroxyl groups is 1. The van der Waals surface area contributed by atoms with E-state index < -0.39 is 0 Å². The Kier molecular flexibility index (Phi) is 3.69. The molecule has 2 aromatic carbocycles. The highest BCUT2D eigenvalue weighted by Crippen LogP contribution is 2.57. The molecule has 2 nitrogen and oxygen atoms in total. The van der Waals surface area contributed by atoms with Crippen molar-refractivity contribution in [1.29, 1.82) is 0 Å². The van der Waals surface area contributed by atoms with Gasteiger partial charge in [0.15, 0.2) is 0 Å². The Morgan fingerprint density at radius 1 is 1.12 bits per heavy atom. The second kappa shape index (κ2) is 5.57. The van der Waals surface area contributed by atoms with Gasteiger partial charge in [0.25, 0.3) is 0 Å². The van der Waals surface area contributed by atoms with Crippen LogP contribution >= 0.6 is 0 Å². The third-order valence-electron chi connectivity index (χ3n) is 7.01. The summed E-state index contributed by atoms with van der Waals surface area (Å²) in [7, 11) is 0. The molecule has 1 N–H and O–H groups in total. The highest BCUT2D eigenvalue weighted by Gasteiger charge is 2.57. The van der Waals surface area contributed by atoms with E-state index in [9.17, 15) is 9.50 Å². The molecule has 132 valence electrons. The number of rotatable bonds is 2. The minimum Gasteiger partial charge on any atom is -0.508 e. The van der Waals surface area contributed by atoms with Crippen molar-refractivity contribution in [3.8, 4) is 5.75 Å². The lowest BCUT2D eigenvalue weighted by Crippen LogP contribution is -2.63. The summed E-state index contributed by atoms with van der Waals surface area (Å²) >= 11 is 0. The summed E-state index contributed by atoms with van der Waals surface area (Å²) in [5.41, 5.74) is 2.52. The average Bonchev–Trinajstić information content (AvgIpc) is 2.57. The summed E-state index contributed by atoms with van der Waals surface area (Å²) in [6.45, 7) is 8.56. The SMILES string of the molecule is CC1(C)[C@H]2Cc3c(O)ccc(F)c3[C@@]1(C)CCN2Cc1ccccc1. The van der Waals surface area contributed by atoms with Crippen LogP contribution in [0.25, 0.3) is 0 Å². The lowest BCUT2D eigenvalue weighted by atomic mass is 9.50. The Morgan fingerprint density at radius 2 is 1.84 bits per heavy atom. The number of phenolic OH excluding ortho intramolecular Hbond substituents is 1. The summed E-state index contributed by atoms with van der Waals surface area (Å²) in [6.07, 6.45) is 1.60. The molecule has 1 heterocycles. The minimum absolute atomic E-state index is 0.0678. The zero-order valence-corrected chi connectivity index (χ0v) is 15.2. The molecule has 0 radical (unpaired) electrons. The monoisotopic (exact) mass is 339 g/mol. The van der Waals surface area contributed by atoms with Crippen molar-refractivity contribution < 1.29 is 9.50 Å². The summed E-state index contributed by atoms with van der Waals surface area (Å²) in [5.74, 6) is 0.0722. The number of benzene rings is 2. The van der Waals surface area contributed by atoms with E-state index in [1.165, 1.54) is 17.7 Å². The molecule has 1 aliphatic heterocycles. The van der Waals surface area contributed by atoms with Crippen molar-refractivity contribution >= 4 is 0 Å². The van der Waals surface area contributed by atoms with Gasteiger partial charge in [-0.2, -0.15) is 0 Å². The zero-order chi connectivity index (χ0) is 17.8. The molecule has 0 unspecified atom stereocenters. The lowest BCUT2D eigenvalue weighted by Gasteiger charge is -2.61. The summed E-state index contributed by atoms with van der Waals surface area (Å²) in [4.78, 5) is 2.52. The molecule has 4 rings (SSSR count). The van der Waals surface area contributed by atoms with Gasteiger partial charge < -0.3 is 5.11 Å². The van der Waals surface area contributed by atoms with E-state index in [1.807, 2.05) is 6.07 Å². The maximum absolute atomic E-state index is 14.7. The van der Waals surface area contributed by atoms with Gasteiger partial charge in [0.1, 0.15) is 11.6 Å². The highest BCUT2D eigenvalue weighted by atomic mass is 19.1. The Hall–Kier alpha value is -1.87. The highest BCUT2D eigenvalue weighted by molar-refractivity contribution is 5.49. The molecule has 25 heavy (non-hydrogen) atoms. The molecule has 1 fully saturated rings. The van der Waals surface area contributed by atoms with E-state index in [2.05, 4.69) is 49.9 Å². The van der Waals surface area contributed by atoms with Gasteiger partial charge in [0.05, 0.1) is 0 Å². The Balaban J connectivity index is 1.78. The van der Waals surface area contributed by atoms with Crippen molar-refractivity contribution in [1.82, 2.24) is 4.90 Å². The summed E-state index contributed by atoms with van der Waals surface area (Å²) in [6, 6.07) is 13.7. The molecule has 1 aliphatic carbocycles. The number of halogens is 1. The first-order chi connectivity index (χ1) is 11.8. The van der Waals surface area contributed by atoms with Crippen molar-refractivity contribution in [2.75, 3.05) is 6.54 Å². The number of fused-ring (bicyclic) bond motifs is 4. The van der Waals surface area contributed by atoms with Crippen molar-refractivity contribution in [2.24, 2.45) is 5.41 Å². The maximum atomic E-state index is 14.7. The van der Waals surface area contributed by atoms with Gasteiger partial charge in [-0.1, -0.05) is 51.1 Å². The summed E-state index contributed by atoms with van der Waals surface area (Å²) < 4.78 is 14.7. The topological polar surface area (TPSA) is 23.5 Å². The first-order valence-corrected chi connectivity index (χ1v) is 9.13. The van der Waals surface area contributed by atoms with Crippen molar-refractivity contribution in [3.05, 3.63) is 65.0 Å². The van der Waals surface area contributed by atoms with Crippen LogP contribution in [-0.2, 0) is 18.4 Å². The Labute approximate surface area is 149 Å². The molecule has 0 amide bonds. The quantitative estimate of drug-likeness (QED) is 0.861. The van der Waals surface area contributed by atoms with Crippen LogP contribution in [0.4, 0.5) is 4.39 Å². The maximum Gasteiger partial charge on any atom is 0.127 e. The first-order valence-electron chi connectivity index (χ1n) is 9.13. The van der Waals surface area contributed by atoms with Crippen LogP contribution in [0.3, 0.4) is 0 Å².